The average Bonchev–Trinajstić information content (AvgIpc) is 3.08. The van der Waals surface area contributed by atoms with Crippen molar-refractivity contribution in [3.63, 3.8) is 0 Å². The van der Waals surface area contributed by atoms with E-state index in [-0.39, 0.29) is 18.3 Å². The molecule has 9 heteroatoms. The van der Waals surface area contributed by atoms with Crippen LogP contribution in [0.25, 0.3) is 10.9 Å². The Kier molecular flexibility index (Phi) is 7.15. The molecule has 3 aromatic rings. The molecule has 0 spiro atoms. The molecule has 7 nitrogen and oxygen atoms in total. The molecular formula is C22H23ClN2O5S. The number of hydrogen-bond acceptors (Lipinski definition) is 5. The predicted molar refractivity (Wildman–Crippen MR) is 120 cm³/mol. The number of aromatic nitrogens is 1. The highest BCUT2D eigenvalue weighted by Gasteiger charge is 2.20. The lowest BCUT2D eigenvalue weighted by Crippen LogP contribution is -2.32. The van der Waals surface area contributed by atoms with Crippen molar-refractivity contribution >= 4 is 45.2 Å². The zero-order valence-electron chi connectivity index (χ0n) is 17.3. The van der Waals surface area contributed by atoms with E-state index in [9.17, 15) is 18.9 Å². The fourth-order valence-electron chi connectivity index (χ4n) is 3.30. The molecular weight excluding hydrogens is 440 g/mol. The number of carbonyl (C=O) groups is 2. The number of nitrogens with zero attached hydrogens (tertiary/aromatic N) is 1. The van der Waals surface area contributed by atoms with Gasteiger partial charge in [-0.25, -0.2) is 0 Å². The van der Waals surface area contributed by atoms with Crippen molar-refractivity contribution in [3.05, 3.63) is 64.3 Å². The number of halogens is 1. The first-order valence-corrected chi connectivity index (χ1v) is 11.2. The Morgan fingerprint density at radius 2 is 1.90 bits per heavy atom. The van der Waals surface area contributed by atoms with Crippen molar-refractivity contribution < 1.29 is 23.6 Å². The van der Waals surface area contributed by atoms with Gasteiger partial charge in [-0.2, -0.15) is 0 Å². The summed E-state index contributed by atoms with van der Waals surface area (Å²) in [4.78, 5) is 24.7. The van der Waals surface area contributed by atoms with Gasteiger partial charge < -0.3 is 19.7 Å². The lowest BCUT2D eigenvalue weighted by atomic mass is 10.1. The van der Waals surface area contributed by atoms with E-state index in [1.165, 1.54) is 7.11 Å². The van der Waals surface area contributed by atoms with Crippen LogP contribution >= 0.6 is 11.6 Å². The van der Waals surface area contributed by atoms with E-state index in [1.54, 1.807) is 41.9 Å². The molecule has 0 saturated carbocycles. The molecule has 1 aromatic heterocycles. The number of amides is 1. The van der Waals surface area contributed by atoms with Crippen LogP contribution in [0.3, 0.4) is 0 Å². The molecule has 0 aliphatic carbocycles. The molecule has 0 radical (unpaired) electrons. The number of aryl methyl sites for hydroxylation is 2. The number of hydrogen-bond donors (Lipinski definition) is 2. The molecule has 3 rings (SSSR count). The Balaban J connectivity index is 1.80. The molecule has 2 N–H and O–H groups in total. The number of aliphatic hydroxyl groups excluding tert-OH is 1. The third-order valence-electron chi connectivity index (χ3n) is 5.00. The highest BCUT2D eigenvalue weighted by molar-refractivity contribution is 7.85. The van der Waals surface area contributed by atoms with Crippen molar-refractivity contribution in [2.24, 2.45) is 7.05 Å². The molecule has 0 unspecified atom stereocenters. The lowest BCUT2D eigenvalue weighted by Gasteiger charge is -2.17. The summed E-state index contributed by atoms with van der Waals surface area (Å²) < 4.78 is 18.5. The van der Waals surface area contributed by atoms with Crippen LogP contribution in [-0.2, 0) is 27.4 Å². The van der Waals surface area contributed by atoms with Crippen LogP contribution in [0.4, 0.5) is 0 Å². The fraction of sp³-hybridized carbons (Fsp3) is 0.273. The second-order valence-electron chi connectivity index (χ2n) is 7.11. The van der Waals surface area contributed by atoms with Crippen molar-refractivity contribution in [1.82, 2.24) is 9.88 Å². The SMILES string of the molecule is COC(=O)C[S@@](=O)c1ccc([C@@H](CO)NC(=O)c2cc3c(Cl)cc(C)cc3n2C)cc1. The molecule has 2 atom stereocenters. The van der Waals surface area contributed by atoms with E-state index in [1.807, 2.05) is 19.1 Å². The van der Waals surface area contributed by atoms with Gasteiger partial charge in [0.1, 0.15) is 11.4 Å². The molecule has 164 valence electrons. The van der Waals surface area contributed by atoms with Gasteiger partial charge in [0.05, 0.1) is 41.1 Å². The quantitative estimate of drug-likeness (QED) is 0.526. The topological polar surface area (TPSA) is 97.6 Å². The lowest BCUT2D eigenvalue weighted by molar-refractivity contribution is -0.137. The third-order valence-corrected chi connectivity index (χ3v) is 6.61. The highest BCUT2D eigenvalue weighted by atomic mass is 35.5. The number of ether oxygens (including phenoxy) is 1. The van der Waals surface area contributed by atoms with Gasteiger partial charge >= 0.3 is 5.97 Å². The Morgan fingerprint density at radius 1 is 1.23 bits per heavy atom. The minimum Gasteiger partial charge on any atom is -0.468 e. The first kappa shape index (κ1) is 23.0. The summed E-state index contributed by atoms with van der Waals surface area (Å²) in [5, 5.41) is 14.0. The smallest absolute Gasteiger partial charge is 0.318 e. The van der Waals surface area contributed by atoms with E-state index in [2.05, 4.69) is 10.1 Å². The van der Waals surface area contributed by atoms with E-state index >= 15 is 0 Å². The van der Waals surface area contributed by atoms with E-state index in [4.69, 9.17) is 11.6 Å². The maximum Gasteiger partial charge on any atom is 0.318 e. The molecule has 0 fully saturated rings. The Morgan fingerprint density at radius 3 is 2.52 bits per heavy atom. The first-order valence-electron chi connectivity index (χ1n) is 9.47. The third kappa shape index (κ3) is 4.98. The van der Waals surface area contributed by atoms with Gasteiger partial charge in [0.2, 0.25) is 0 Å². The maximum absolute atomic E-state index is 12.9. The van der Waals surface area contributed by atoms with Gasteiger partial charge in [-0.15, -0.1) is 0 Å². The Labute approximate surface area is 187 Å². The van der Waals surface area contributed by atoms with Gasteiger partial charge in [-0.1, -0.05) is 23.7 Å². The number of fused-ring (bicyclic) bond motifs is 1. The van der Waals surface area contributed by atoms with Crippen LogP contribution in [0.1, 0.15) is 27.7 Å². The second-order valence-corrected chi connectivity index (χ2v) is 8.97. The molecule has 0 bridgehead atoms. The molecule has 1 amide bonds. The van der Waals surface area contributed by atoms with Gasteiger partial charge in [0.15, 0.2) is 0 Å². The zero-order valence-corrected chi connectivity index (χ0v) is 18.9. The molecule has 0 aliphatic heterocycles. The number of nitrogens with one attached hydrogen (secondary N) is 1. The predicted octanol–water partition coefficient (Wildman–Crippen LogP) is 2.88. The van der Waals surface area contributed by atoms with Crippen molar-refractivity contribution in [3.8, 4) is 0 Å². The summed E-state index contributed by atoms with van der Waals surface area (Å²) in [5.41, 5.74) is 2.88. The second kappa shape index (κ2) is 9.64. The summed E-state index contributed by atoms with van der Waals surface area (Å²) in [6.45, 7) is 1.61. The summed E-state index contributed by atoms with van der Waals surface area (Å²) in [5.74, 6) is -1.16. The van der Waals surface area contributed by atoms with Crippen LogP contribution in [0.5, 0.6) is 0 Å². The number of aliphatic hydroxyl groups is 1. The normalized spacial score (nSPS) is 13.1. The number of rotatable bonds is 7. The van der Waals surface area contributed by atoms with E-state index in [0.717, 1.165) is 16.5 Å². The van der Waals surface area contributed by atoms with E-state index < -0.39 is 22.8 Å². The highest BCUT2D eigenvalue weighted by Crippen LogP contribution is 2.28. The zero-order chi connectivity index (χ0) is 22.7. The number of carbonyl (C=O) groups excluding carboxylic acids is 2. The Bertz CT molecular complexity index is 1160. The van der Waals surface area contributed by atoms with Gasteiger partial charge in [0.25, 0.3) is 5.91 Å². The maximum atomic E-state index is 12.9. The molecule has 0 saturated heterocycles. The standard InChI is InChI=1S/C22H23ClN2O5S/c1-13-8-17(23)16-10-20(25(2)19(16)9-13)22(28)24-18(11-26)14-4-6-15(7-5-14)31(29)12-21(27)30-3/h4-10,18,26H,11-12H2,1-3H3,(H,24,28)/t18-,31-/m1/s1. The van der Waals surface area contributed by atoms with Crippen LogP contribution in [-0.4, -0.2) is 45.2 Å². The number of esters is 1. The van der Waals surface area contributed by atoms with Crippen LogP contribution < -0.4 is 5.32 Å². The minimum absolute atomic E-state index is 0.237. The van der Waals surface area contributed by atoms with Gasteiger partial charge in [0, 0.05) is 17.3 Å². The largest absolute Gasteiger partial charge is 0.468 e. The van der Waals surface area contributed by atoms with Gasteiger partial charge in [-0.05, 0) is 48.4 Å². The first-order chi connectivity index (χ1) is 14.7. The summed E-state index contributed by atoms with van der Waals surface area (Å²) >= 11 is 6.32. The van der Waals surface area contributed by atoms with Crippen LogP contribution in [0.2, 0.25) is 5.02 Å². The fourth-order valence-corrected chi connectivity index (χ4v) is 4.57. The van der Waals surface area contributed by atoms with Crippen LogP contribution in [0.15, 0.2) is 47.4 Å². The van der Waals surface area contributed by atoms with E-state index in [0.29, 0.717) is 21.2 Å². The summed E-state index contributed by atoms with van der Waals surface area (Å²) in [6, 6.07) is 11.4. The molecule has 0 aliphatic rings. The van der Waals surface area contributed by atoms with Gasteiger partial charge in [-0.3, -0.25) is 13.8 Å². The molecule has 31 heavy (non-hydrogen) atoms. The van der Waals surface area contributed by atoms with Crippen molar-refractivity contribution in [1.29, 1.82) is 0 Å². The monoisotopic (exact) mass is 462 g/mol. The molecule has 1 heterocycles. The average molecular weight is 463 g/mol. The molecule has 2 aromatic carbocycles. The summed E-state index contributed by atoms with van der Waals surface area (Å²) in [6.07, 6.45) is 0. The van der Waals surface area contributed by atoms with Crippen molar-refractivity contribution in [2.45, 2.75) is 17.9 Å². The number of methoxy groups -OCH3 is 1. The Hall–Kier alpha value is -2.68. The minimum atomic E-state index is -1.53. The van der Waals surface area contributed by atoms with Crippen molar-refractivity contribution in [2.75, 3.05) is 19.5 Å². The summed E-state index contributed by atoms with van der Waals surface area (Å²) in [7, 11) is 1.49. The van der Waals surface area contributed by atoms with Crippen LogP contribution in [0, 0.1) is 6.92 Å². The number of benzene rings is 2.